The molecule has 0 fully saturated rings. The molecule has 2 aliphatic heterocycles. The smallest absolute Gasteiger partial charge is 1.00 e. The minimum Gasteiger partial charge on any atom is -1.00 e. The number of fused-ring (bicyclic) bond motifs is 4. The Kier molecular flexibility index (Phi) is 63.2. The molecule has 11 N–H and O–H groups in total. The fraction of sp³-hybridized carbons (Fsp3) is 0.697. The summed E-state index contributed by atoms with van der Waals surface area (Å²) in [5.41, 5.74) is 15.4. The van der Waals surface area contributed by atoms with Gasteiger partial charge < -0.3 is 84.7 Å². The van der Waals surface area contributed by atoms with Crippen LogP contribution in [0.5, 0.6) is 0 Å². The molecule has 24 nitrogen and oxygen atoms in total. The standard InChI is InChI=1S/C18H30N4O2.C16H26N4O2.C11H25N3O2.C7H7Br2N.C7H18N2.C5H14N2.C2HBO2.ClH.Na/c1-18(2,3)24-17(23)22-11-9-20(4)13-15-7-6-8-16(19-15)14-21(5)10-12-22;1-16(2,3)22-15(21)20-9-7-17-11-13-5-4-6-14(19-13)12-18-8-10-20;1-11(2,3)16-10(15)14(8-6-12-4)9-7-13-5;8-4-6-2-1-3-7(5-9)10-6;1-8-6-4-3-5-7-9-2;6-4-2-1-3-5-7;4-2-1-3-5;;/h6-8H,9-14H2,1-5H3;4-6,17-18H,7-12H2,1-3H3;12-13H,6-9H2,1-5H3;1-3H,4-5H2;8-9H,3-7H2,1-2H3;1-7H2;4H;1H;/q;;;;;;;;+1/p-1. The Hall–Kier alpha value is -3.67. The molecule has 95 heavy (non-hydrogen) atoms. The van der Waals surface area contributed by atoms with Crippen LogP contribution in [-0.4, -0.2) is 234 Å². The predicted molar refractivity (Wildman–Crippen MR) is 385 cm³/mol. The van der Waals surface area contributed by atoms with Crippen LogP contribution in [0.1, 0.15) is 135 Å². The number of aliphatic hydroxyl groups is 1. The first-order valence-electron chi connectivity index (χ1n) is 32.4. The summed E-state index contributed by atoms with van der Waals surface area (Å²) in [5, 5.41) is 28.1. The number of amides is 3. The van der Waals surface area contributed by atoms with Crippen LogP contribution in [0.25, 0.3) is 0 Å². The van der Waals surface area contributed by atoms with Crippen molar-refractivity contribution in [1.29, 1.82) is 0 Å². The summed E-state index contributed by atoms with van der Waals surface area (Å²) in [6.45, 7) is 32.3. The second kappa shape index (κ2) is 61.4. The molecule has 0 saturated heterocycles. The maximum absolute atomic E-state index is 12.5. The average Bonchev–Trinajstić information content (AvgIpc) is 1.07. The maximum atomic E-state index is 12.5. The minimum atomic E-state index is -0.472. The van der Waals surface area contributed by atoms with E-state index in [1.54, 1.807) is 15.6 Å². The van der Waals surface area contributed by atoms with E-state index in [1.807, 2.05) is 132 Å². The number of ether oxygens (including phenoxy) is 3. The quantitative estimate of drug-likeness (QED) is 0.0285. The van der Waals surface area contributed by atoms with Gasteiger partial charge in [0.15, 0.2) is 0 Å². The van der Waals surface area contributed by atoms with Crippen LogP contribution in [0.4, 0.5) is 14.4 Å². The molecule has 0 radical (unpaired) electrons. The zero-order chi connectivity index (χ0) is 70.4. The number of nitrogens with one attached hydrogen (secondary N) is 6. The number of halogens is 3. The number of alkyl halides is 2. The molecular formula is C66H121BBr2ClN16NaO8. The molecule has 5 heterocycles. The number of carbonyl (C=O) groups excluding carboxylic acids is 3. The molecule has 0 unspecified atom stereocenters. The Bertz CT molecular complexity index is 2370. The van der Waals surface area contributed by atoms with Crippen LogP contribution in [0.2, 0.25) is 0 Å². The average molecular weight is 1500 g/mol. The Labute approximate surface area is 618 Å². The number of pyridine rings is 3. The molecule has 4 bridgehead atoms. The molecule has 3 aromatic heterocycles. The molecule has 3 aromatic rings. The molecule has 3 amide bonds. The minimum absolute atomic E-state index is 0. The Morgan fingerprint density at radius 1 is 0.579 bits per heavy atom. The van der Waals surface area contributed by atoms with E-state index in [0.29, 0.717) is 72.6 Å². The van der Waals surface area contributed by atoms with E-state index in [4.69, 9.17) is 40.5 Å². The fourth-order valence-corrected chi connectivity index (χ4v) is 8.52. The number of nitrogens with two attached hydrogens (primary N) is 2. The summed E-state index contributed by atoms with van der Waals surface area (Å²) in [7, 11) is 12.2. The molecule has 538 valence electrons. The number of hydrogen-bond donors (Lipinski definition) is 9. The van der Waals surface area contributed by atoms with Crippen LogP contribution in [0.3, 0.4) is 0 Å². The van der Waals surface area contributed by atoms with Gasteiger partial charge in [-0.2, -0.15) is 0 Å². The zero-order valence-corrected chi connectivity index (χ0v) is 66.7. The maximum Gasteiger partial charge on any atom is 1.00 e. The van der Waals surface area contributed by atoms with Crippen molar-refractivity contribution >= 4 is 57.3 Å². The molecule has 0 spiro atoms. The van der Waals surface area contributed by atoms with Crippen LogP contribution < -0.4 is 85.3 Å². The van der Waals surface area contributed by atoms with Crippen molar-refractivity contribution in [2.75, 3.05) is 147 Å². The van der Waals surface area contributed by atoms with Crippen LogP contribution >= 0.6 is 31.9 Å². The normalized spacial score (nSPS) is 13.5. The number of carbonyl (C=O) groups is 3. The first kappa shape index (κ1) is 97.7. The number of unbranched alkanes of at least 4 members (excludes halogenated alkanes) is 4. The van der Waals surface area contributed by atoms with Crippen molar-refractivity contribution in [1.82, 2.24) is 71.4 Å². The molecular weight excluding hydrogens is 1370 g/mol. The van der Waals surface area contributed by atoms with E-state index < -0.39 is 16.8 Å². The van der Waals surface area contributed by atoms with E-state index in [1.165, 1.54) is 31.8 Å². The van der Waals surface area contributed by atoms with Gasteiger partial charge in [0.25, 0.3) is 0 Å². The van der Waals surface area contributed by atoms with Gasteiger partial charge in [-0.1, -0.05) is 62.9 Å². The molecule has 0 aromatic carbocycles. The van der Waals surface area contributed by atoms with Crippen molar-refractivity contribution in [3.8, 4) is 11.9 Å². The van der Waals surface area contributed by atoms with Crippen molar-refractivity contribution in [2.24, 2.45) is 11.5 Å². The number of nitrogens with zero attached hydrogens (tertiary/aromatic N) is 8. The van der Waals surface area contributed by atoms with E-state index in [2.05, 4.69) is 116 Å². The summed E-state index contributed by atoms with van der Waals surface area (Å²) in [4.78, 5) is 59.8. The summed E-state index contributed by atoms with van der Waals surface area (Å²) in [5.74, 6) is 1.74. The molecule has 0 saturated carbocycles. The molecule has 5 rings (SSSR count). The van der Waals surface area contributed by atoms with Crippen molar-refractivity contribution in [3.63, 3.8) is 0 Å². The number of aliphatic hydroxyl groups excluding tert-OH is 1. The largest absolute Gasteiger partial charge is 1.00 e. The summed E-state index contributed by atoms with van der Waals surface area (Å²) in [6.07, 6.45) is 8.02. The van der Waals surface area contributed by atoms with Crippen molar-refractivity contribution in [3.05, 3.63) is 88.8 Å². The van der Waals surface area contributed by atoms with E-state index >= 15 is 0 Å². The van der Waals surface area contributed by atoms with Crippen molar-refractivity contribution < 1.29 is 80.4 Å². The summed E-state index contributed by atoms with van der Waals surface area (Å²) < 4.78 is 25.4. The van der Waals surface area contributed by atoms with Gasteiger partial charge in [-0.25, -0.2) is 14.4 Å². The summed E-state index contributed by atoms with van der Waals surface area (Å²) >= 11 is 6.69. The first-order valence-corrected chi connectivity index (χ1v) is 34.7. The topological polar surface area (TPSA) is 295 Å². The Morgan fingerprint density at radius 2 is 0.947 bits per heavy atom. The fourth-order valence-electron chi connectivity index (χ4n) is 7.89. The van der Waals surface area contributed by atoms with Crippen LogP contribution in [0.15, 0.2) is 54.6 Å². The van der Waals surface area contributed by atoms with Gasteiger partial charge >= 0.3 is 76.7 Å². The Morgan fingerprint density at radius 3 is 1.29 bits per heavy atom. The second-order valence-electron chi connectivity index (χ2n) is 24.8. The van der Waals surface area contributed by atoms with Gasteiger partial charge in [0.2, 0.25) is 0 Å². The van der Waals surface area contributed by atoms with E-state index in [-0.39, 0.29) is 60.2 Å². The third-order valence-electron chi connectivity index (χ3n) is 12.6. The van der Waals surface area contributed by atoms with E-state index in [9.17, 15) is 14.4 Å². The van der Waals surface area contributed by atoms with E-state index in [0.717, 1.165) is 123 Å². The van der Waals surface area contributed by atoms with Crippen LogP contribution in [0, 0.1) is 11.9 Å². The van der Waals surface area contributed by atoms with Gasteiger partial charge in [-0.15, -0.1) is 0 Å². The van der Waals surface area contributed by atoms with Gasteiger partial charge in [0.05, 0.1) is 34.2 Å². The predicted octanol–water partition coefficient (Wildman–Crippen LogP) is 1.25. The van der Waals surface area contributed by atoms with Crippen molar-refractivity contribution in [2.45, 2.75) is 154 Å². The first-order chi connectivity index (χ1) is 44.2. The third-order valence-corrected chi connectivity index (χ3v) is 13.7. The van der Waals surface area contributed by atoms with Gasteiger partial charge in [-0.05, 0) is 193 Å². The second-order valence-corrected chi connectivity index (χ2v) is 26.0. The number of rotatable bonds is 18. The SMILES string of the molecule is BrCc1cccc(CBr)n1.CC(C)(C)OC(=O)N1CCNCc2cccc(n2)CNCC1.CN1CCN(C(=O)OC(C)(C)C)CCN(C)Cc2cccc(n2)C1.CNCCCCCNC.CNCCN(CCNC)C(=O)OC(C)(C)C.NCCCCCN.O=BC#CO.[Cl-].[Na+]. The molecule has 0 atom stereocenters. The van der Waals surface area contributed by atoms with Crippen LogP contribution in [-0.2, 0) is 55.8 Å². The monoisotopic (exact) mass is 1490 g/mol. The summed E-state index contributed by atoms with van der Waals surface area (Å²) in [6, 6.07) is 18.2. The third kappa shape index (κ3) is 59.0. The van der Waals surface area contributed by atoms with Gasteiger partial charge in [0, 0.05) is 115 Å². The van der Waals surface area contributed by atoms with Gasteiger partial charge in [-0.3, -0.25) is 24.8 Å². The molecule has 0 aliphatic carbocycles. The number of likely N-dealkylation sites (N-methyl/N-ethyl adjacent to an activating group) is 4. The Balaban J connectivity index is -0.000000537. The zero-order valence-electron chi connectivity index (χ0n) is 60.7. The van der Waals surface area contributed by atoms with Gasteiger partial charge in [0.1, 0.15) is 16.8 Å². The molecule has 29 heteroatoms. The molecule has 2 aliphatic rings. The number of aromatic nitrogens is 3. The number of hydrogen-bond acceptors (Lipinski definition) is 21.